The lowest BCUT2D eigenvalue weighted by Crippen LogP contribution is -2.43. The molecular formula is C28H33ClF2N2S. The minimum Gasteiger partial charge on any atom is -0.358 e. The number of nitrogens with one attached hydrogen (secondary N) is 1. The number of anilines is 1. The van der Waals surface area contributed by atoms with E-state index in [9.17, 15) is 0 Å². The van der Waals surface area contributed by atoms with Gasteiger partial charge in [-0.2, -0.15) is 10.5 Å². The maximum atomic E-state index is 15.0. The van der Waals surface area contributed by atoms with Crippen LogP contribution in [-0.4, -0.2) is 36.7 Å². The van der Waals surface area contributed by atoms with Crippen molar-refractivity contribution in [3.8, 4) is 0 Å². The van der Waals surface area contributed by atoms with Crippen LogP contribution in [0.3, 0.4) is 0 Å². The van der Waals surface area contributed by atoms with E-state index in [-0.39, 0.29) is 33.1 Å². The number of rotatable bonds is 6. The number of hydrogen-bond acceptors (Lipinski definition) is 2. The van der Waals surface area contributed by atoms with Crippen molar-refractivity contribution in [1.82, 2.24) is 4.90 Å². The Labute approximate surface area is 209 Å². The SMILES string of the molecule is C=C1Nc2ccc(Cl)cc2C12CCN(CCCc1cc(F)c(C3(S(=C)C)CCC3)c(F)c1)CC2. The number of benzene rings is 2. The van der Waals surface area contributed by atoms with Crippen molar-refractivity contribution in [2.24, 2.45) is 0 Å². The fourth-order valence-electron chi connectivity index (χ4n) is 6.18. The molecule has 2 nitrogen and oxygen atoms in total. The first-order valence-electron chi connectivity index (χ1n) is 12.2. The predicted molar refractivity (Wildman–Crippen MR) is 142 cm³/mol. The molecule has 1 spiro atoms. The Kier molecular flexibility index (Phi) is 6.41. The number of nitrogens with zero attached hydrogens (tertiary/aromatic N) is 1. The first-order chi connectivity index (χ1) is 16.2. The van der Waals surface area contributed by atoms with Crippen LogP contribution in [0.4, 0.5) is 14.5 Å². The van der Waals surface area contributed by atoms with Crippen LogP contribution in [0.25, 0.3) is 0 Å². The van der Waals surface area contributed by atoms with Crippen LogP contribution in [0.5, 0.6) is 0 Å². The third-order valence-corrected chi connectivity index (χ3v) is 10.6. The van der Waals surface area contributed by atoms with E-state index in [2.05, 4.69) is 28.7 Å². The lowest BCUT2D eigenvalue weighted by molar-refractivity contribution is 0.179. The summed E-state index contributed by atoms with van der Waals surface area (Å²) in [6.45, 7) is 7.18. The number of fused-ring (bicyclic) bond motifs is 2. The molecule has 2 aliphatic heterocycles. The Bertz CT molecular complexity index is 1130. The number of hydrogen-bond donors (Lipinski definition) is 1. The normalized spacial score (nSPS) is 21.7. The summed E-state index contributed by atoms with van der Waals surface area (Å²) in [4.78, 5) is 2.46. The molecule has 1 saturated carbocycles. The van der Waals surface area contributed by atoms with Gasteiger partial charge in [-0.15, -0.1) is 0 Å². The van der Waals surface area contributed by atoms with Crippen LogP contribution < -0.4 is 5.32 Å². The van der Waals surface area contributed by atoms with Gasteiger partial charge in [0.2, 0.25) is 0 Å². The third kappa shape index (κ3) is 3.94. The molecule has 3 aliphatic rings. The van der Waals surface area contributed by atoms with Gasteiger partial charge >= 0.3 is 0 Å². The highest BCUT2D eigenvalue weighted by Gasteiger charge is 2.45. The van der Waals surface area contributed by atoms with E-state index in [1.165, 1.54) is 5.56 Å². The standard InChI is InChI=1S/C28H33ClF2N2S/c1-19-27(22-18-21(29)7-8-25(22)32-19)11-14-33(15-12-27)13-4-6-20-16-23(30)26(24(31)17-20)28(34(2)3)9-5-10-28/h7-8,16-18,32H,1-2,4-6,9-15H2,3H3. The van der Waals surface area contributed by atoms with Crippen molar-refractivity contribution in [3.05, 3.63) is 76.0 Å². The predicted octanol–water partition coefficient (Wildman–Crippen LogP) is 7.23. The lowest BCUT2D eigenvalue weighted by Gasteiger charge is -2.44. The second-order valence-electron chi connectivity index (χ2n) is 10.2. The molecule has 0 bridgehead atoms. The largest absolute Gasteiger partial charge is 0.358 e. The van der Waals surface area contributed by atoms with Crippen molar-refractivity contribution in [1.29, 1.82) is 0 Å². The quantitative estimate of drug-likeness (QED) is 0.419. The van der Waals surface area contributed by atoms with Gasteiger partial charge in [0.1, 0.15) is 11.6 Å². The van der Waals surface area contributed by atoms with Gasteiger partial charge in [-0.05, 0) is 106 Å². The Morgan fingerprint density at radius 3 is 2.35 bits per heavy atom. The molecule has 0 amide bonds. The second-order valence-corrected chi connectivity index (χ2v) is 12.7. The number of aryl methyl sites for hydroxylation is 1. The van der Waals surface area contributed by atoms with Gasteiger partial charge in [0.25, 0.3) is 0 Å². The Morgan fingerprint density at radius 2 is 1.76 bits per heavy atom. The van der Waals surface area contributed by atoms with E-state index in [0.717, 1.165) is 80.1 Å². The summed E-state index contributed by atoms with van der Waals surface area (Å²) in [5.41, 5.74) is 4.42. The topological polar surface area (TPSA) is 15.3 Å². The van der Waals surface area contributed by atoms with E-state index in [0.29, 0.717) is 6.42 Å². The van der Waals surface area contributed by atoms with E-state index in [4.69, 9.17) is 11.6 Å². The van der Waals surface area contributed by atoms with Crippen molar-refractivity contribution in [2.75, 3.05) is 31.2 Å². The van der Waals surface area contributed by atoms with Gasteiger partial charge in [-0.3, -0.25) is 0 Å². The fourth-order valence-corrected chi connectivity index (χ4v) is 7.88. The lowest BCUT2D eigenvalue weighted by atomic mass is 9.72. The van der Waals surface area contributed by atoms with Crippen LogP contribution in [0.1, 0.15) is 55.2 Å². The number of halogens is 3. The minimum absolute atomic E-state index is 0.0533. The molecule has 6 heteroatoms. The molecular weight excluding hydrogens is 470 g/mol. The van der Waals surface area contributed by atoms with Gasteiger partial charge in [0.05, 0.1) is 0 Å². The highest BCUT2D eigenvalue weighted by atomic mass is 35.5. The zero-order valence-electron chi connectivity index (χ0n) is 19.9. The number of piperidine rings is 1. The molecule has 1 unspecified atom stereocenters. The average Bonchev–Trinajstić information content (AvgIpc) is 3.01. The molecule has 5 rings (SSSR count). The highest BCUT2D eigenvalue weighted by molar-refractivity contribution is 8.14. The molecule has 2 fully saturated rings. The van der Waals surface area contributed by atoms with Crippen LogP contribution in [0, 0.1) is 11.6 Å². The van der Waals surface area contributed by atoms with Gasteiger partial charge in [0, 0.05) is 32.1 Å². The van der Waals surface area contributed by atoms with E-state index in [1.807, 2.05) is 18.4 Å². The first-order valence-corrected chi connectivity index (χ1v) is 14.4. The third-order valence-electron chi connectivity index (χ3n) is 8.40. The summed E-state index contributed by atoms with van der Waals surface area (Å²) in [7, 11) is -0.295. The number of allylic oxidation sites excluding steroid dienone is 1. The number of likely N-dealkylation sites (tertiary alicyclic amines) is 1. The monoisotopic (exact) mass is 502 g/mol. The Hall–Kier alpha value is -1.69. The summed E-state index contributed by atoms with van der Waals surface area (Å²) >= 11 is 6.29. The maximum Gasteiger partial charge on any atom is 0.130 e. The summed E-state index contributed by atoms with van der Waals surface area (Å²) in [6.07, 6.45) is 8.23. The second kappa shape index (κ2) is 9.07. The molecule has 0 radical (unpaired) electrons. The van der Waals surface area contributed by atoms with Crippen molar-refractivity contribution < 1.29 is 8.78 Å². The molecule has 34 heavy (non-hydrogen) atoms. The molecule has 2 aromatic carbocycles. The summed E-state index contributed by atoms with van der Waals surface area (Å²) < 4.78 is 29.7. The highest BCUT2D eigenvalue weighted by Crippen LogP contribution is 2.55. The van der Waals surface area contributed by atoms with Gasteiger partial charge in [-0.25, -0.2) is 8.78 Å². The minimum atomic E-state index is -0.404. The molecule has 1 atom stereocenters. The van der Waals surface area contributed by atoms with Crippen LogP contribution in [-0.2, 0) is 16.6 Å². The molecule has 1 N–H and O–H groups in total. The van der Waals surface area contributed by atoms with Gasteiger partial charge < -0.3 is 10.2 Å². The molecule has 1 aliphatic carbocycles. The first kappa shape index (κ1) is 24.0. The van der Waals surface area contributed by atoms with Crippen molar-refractivity contribution in [2.45, 2.75) is 55.1 Å². The average molecular weight is 503 g/mol. The zero-order chi connectivity index (χ0) is 24.1. The van der Waals surface area contributed by atoms with Crippen molar-refractivity contribution in [3.63, 3.8) is 0 Å². The molecule has 1 saturated heterocycles. The fraction of sp³-hybridized carbons (Fsp3) is 0.464. The van der Waals surface area contributed by atoms with Gasteiger partial charge in [0.15, 0.2) is 0 Å². The smallest absolute Gasteiger partial charge is 0.130 e. The molecule has 182 valence electrons. The summed E-state index contributed by atoms with van der Waals surface area (Å²) in [5, 5.41) is 4.22. The maximum absolute atomic E-state index is 15.0. The molecule has 2 aromatic rings. The van der Waals surface area contributed by atoms with Gasteiger partial charge in [-0.1, -0.05) is 30.5 Å². The van der Waals surface area contributed by atoms with E-state index >= 15 is 8.78 Å². The van der Waals surface area contributed by atoms with E-state index in [1.54, 1.807) is 12.1 Å². The summed E-state index contributed by atoms with van der Waals surface area (Å²) in [6, 6.07) is 9.16. The molecule has 0 aromatic heterocycles. The molecule has 2 heterocycles. The zero-order valence-corrected chi connectivity index (χ0v) is 21.4. The van der Waals surface area contributed by atoms with E-state index < -0.39 is 4.75 Å². The van der Waals surface area contributed by atoms with Crippen LogP contribution >= 0.6 is 22.1 Å². The Balaban J connectivity index is 1.19. The van der Waals surface area contributed by atoms with Crippen LogP contribution in [0.2, 0.25) is 5.02 Å². The summed E-state index contributed by atoms with van der Waals surface area (Å²) in [5.74, 6) is 3.36. The van der Waals surface area contributed by atoms with Crippen LogP contribution in [0.15, 0.2) is 42.6 Å². The Morgan fingerprint density at radius 1 is 1.09 bits per heavy atom. The van der Waals surface area contributed by atoms with Crippen molar-refractivity contribution >= 4 is 33.6 Å².